The number of hydrogen-bond acceptors (Lipinski definition) is 3. The molecule has 0 aliphatic heterocycles. The second-order valence-electron chi connectivity index (χ2n) is 2.89. The number of carboxylic acids is 3. The van der Waals surface area contributed by atoms with Gasteiger partial charge in [-0.2, -0.15) is 0 Å². The molecule has 0 amide bonds. The van der Waals surface area contributed by atoms with Crippen molar-refractivity contribution >= 4 is 17.9 Å². The summed E-state index contributed by atoms with van der Waals surface area (Å²) in [4.78, 5) is 31.6. The van der Waals surface area contributed by atoms with E-state index in [9.17, 15) is 14.4 Å². The van der Waals surface area contributed by atoms with Crippen molar-refractivity contribution in [2.75, 3.05) is 0 Å². The van der Waals surface area contributed by atoms with Crippen molar-refractivity contribution in [2.24, 2.45) is 11.8 Å². The van der Waals surface area contributed by atoms with Gasteiger partial charge in [0.1, 0.15) is 0 Å². The fourth-order valence-electron chi connectivity index (χ4n) is 1.19. The molecule has 0 aliphatic rings. The quantitative estimate of drug-likeness (QED) is 0.535. The predicted octanol–water partition coefficient (Wildman–Crippen LogP) is 0.273. The highest BCUT2D eigenvalue weighted by atomic mass is 16.4. The molecule has 0 rings (SSSR count). The maximum Gasteiger partial charge on any atom is 0.318 e. The fourth-order valence-corrected chi connectivity index (χ4v) is 1.19. The molecule has 0 spiro atoms. The van der Waals surface area contributed by atoms with E-state index in [-0.39, 0.29) is 6.42 Å². The van der Waals surface area contributed by atoms with Gasteiger partial charge in [-0.3, -0.25) is 14.4 Å². The molecule has 0 radical (unpaired) electrons. The van der Waals surface area contributed by atoms with Crippen LogP contribution in [-0.4, -0.2) is 33.2 Å². The number of hydrogen-bond donors (Lipinski definition) is 3. The van der Waals surface area contributed by atoms with Gasteiger partial charge in [0.2, 0.25) is 0 Å². The third-order valence-corrected chi connectivity index (χ3v) is 1.85. The minimum absolute atomic E-state index is 0.0403. The molecule has 80 valence electrons. The Morgan fingerprint density at radius 3 is 1.64 bits per heavy atom. The zero-order chi connectivity index (χ0) is 11.3. The highest BCUT2D eigenvalue weighted by Gasteiger charge is 2.38. The Labute approximate surface area is 80.2 Å². The molecule has 0 saturated carbocycles. The van der Waals surface area contributed by atoms with Gasteiger partial charge >= 0.3 is 17.9 Å². The standard InChI is InChI=1S/C8H12O6/c1-2-3-4(6(9)10)5(7(11)12)8(13)14/h4-5H,2-3H2,1H3,(H,9,10)(H,11,12)(H,13,14). The summed E-state index contributed by atoms with van der Waals surface area (Å²) >= 11 is 0. The molecule has 14 heavy (non-hydrogen) atoms. The molecule has 0 aromatic rings. The molecular formula is C8H12O6. The van der Waals surface area contributed by atoms with Crippen LogP contribution in [0.2, 0.25) is 0 Å². The first-order chi connectivity index (χ1) is 6.41. The van der Waals surface area contributed by atoms with Crippen molar-refractivity contribution in [3.63, 3.8) is 0 Å². The van der Waals surface area contributed by atoms with Gasteiger partial charge in [0.25, 0.3) is 0 Å². The Morgan fingerprint density at radius 1 is 1.00 bits per heavy atom. The Bertz CT molecular complexity index is 232. The van der Waals surface area contributed by atoms with Crippen molar-refractivity contribution < 1.29 is 29.7 Å². The van der Waals surface area contributed by atoms with Crippen LogP contribution in [0, 0.1) is 11.8 Å². The zero-order valence-corrected chi connectivity index (χ0v) is 7.64. The summed E-state index contributed by atoms with van der Waals surface area (Å²) in [5.41, 5.74) is 0. The minimum atomic E-state index is -1.87. The first-order valence-electron chi connectivity index (χ1n) is 4.10. The molecule has 0 aliphatic carbocycles. The van der Waals surface area contributed by atoms with Crippen molar-refractivity contribution in [1.29, 1.82) is 0 Å². The summed E-state index contributed by atoms with van der Waals surface area (Å²) in [6.07, 6.45) is 0.465. The molecule has 1 atom stereocenters. The molecule has 0 aromatic carbocycles. The van der Waals surface area contributed by atoms with E-state index in [1.807, 2.05) is 0 Å². The number of carbonyl (C=O) groups is 3. The molecule has 1 unspecified atom stereocenters. The average molecular weight is 204 g/mol. The third kappa shape index (κ3) is 3.04. The lowest BCUT2D eigenvalue weighted by molar-refractivity contribution is -0.164. The second-order valence-corrected chi connectivity index (χ2v) is 2.89. The monoisotopic (exact) mass is 204 g/mol. The minimum Gasteiger partial charge on any atom is -0.481 e. The molecule has 3 N–H and O–H groups in total. The van der Waals surface area contributed by atoms with Gasteiger partial charge in [-0.1, -0.05) is 13.3 Å². The highest BCUT2D eigenvalue weighted by molar-refractivity contribution is 5.97. The van der Waals surface area contributed by atoms with E-state index in [4.69, 9.17) is 15.3 Å². The van der Waals surface area contributed by atoms with Gasteiger partial charge in [-0.25, -0.2) is 0 Å². The van der Waals surface area contributed by atoms with Crippen LogP contribution in [-0.2, 0) is 14.4 Å². The van der Waals surface area contributed by atoms with E-state index in [2.05, 4.69) is 0 Å². The number of aliphatic carboxylic acids is 3. The summed E-state index contributed by atoms with van der Waals surface area (Å²) in [6, 6.07) is 0. The van der Waals surface area contributed by atoms with E-state index < -0.39 is 29.7 Å². The van der Waals surface area contributed by atoms with Crippen molar-refractivity contribution in [3.05, 3.63) is 0 Å². The summed E-state index contributed by atoms with van der Waals surface area (Å²) in [5.74, 6) is -7.85. The maximum atomic E-state index is 10.6. The van der Waals surface area contributed by atoms with Gasteiger partial charge in [0, 0.05) is 0 Å². The first kappa shape index (κ1) is 12.4. The Morgan fingerprint density at radius 2 is 1.43 bits per heavy atom. The summed E-state index contributed by atoms with van der Waals surface area (Å²) in [6.45, 7) is 1.66. The van der Waals surface area contributed by atoms with E-state index in [1.165, 1.54) is 0 Å². The molecule has 0 bridgehead atoms. The average Bonchev–Trinajstić information content (AvgIpc) is 2.01. The van der Waals surface area contributed by atoms with Gasteiger partial charge in [-0.15, -0.1) is 0 Å². The van der Waals surface area contributed by atoms with Crippen molar-refractivity contribution in [2.45, 2.75) is 19.8 Å². The lowest BCUT2D eigenvalue weighted by atomic mass is 9.89. The normalized spacial score (nSPS) is 12.4. The van der Waals surface area contributed by atoms with Crippen LogP contribution in [0.4, 0.5) is 0 Å². The molecule has 0 saturated heterocycles. The van der Waals surface area contributed by atoms with E-state index in [1.54, 1.807) is 6.92 Å². The molecule has 0 heterocycles. The van der Waals surface area contributed by atoms with Crippen LogP contribution in [0.15, 0.2) is 0 Å². The Balaban J connectivity index is 4.82. The van der Waals surface area contributed by atoms with Crippen LogP contribution in [0.5, 0.6) is 0 Å². The molecule has 0 fully saturated rings. The molecular weight excluding hydrogens is 192 g/mol. The zero-order valence-electron chi connectivity index (χ0n) is 7.64. The topological polar surface area (TPSA) is 112 Å². The first-order valence-corrected chi connectivity index (χ1v) is 4.10. The van der Waals surface area contributed by atoms with Gasteiger partial charge in [0.05, 0.1) is 5.92 Å². The fraction of sp³-hybridized carbons (Fsp3) is 0.625. The number of rotatable bonds is 6. The van der Waals surface area contributed by atoms with Gasteiger partial charge in [0.15, 0.2) is 5.92 Å². The summed E-state index contributed by atoms with van der Waals surface area (Å²) < 4.78 is 0. The second kappa shape index (κ2) is 5.21. The maximum absolute atomic E-state index is 10.6. The van der Waals surface area contributed by atoms with Crippen LogP contribution in [0.3, 0.4) is 0 Å². The lowest BCUT2D eigenvalue weighted by Gasteiger charge is -2.15. The van der Waals surface area contributed by atoms with Crippen LogP contribution < -0.4 is 0 Å². The smallest absolute Gasteiger partial charge is 0.318 e. The van der Waals surface area contributed by atoms with E-state index in [0.29, 0.717) is 6.42 Å². The van der Waals surface area contributed by atoms with Crippen LogP contribution in [0.25, 0.3) is 0 Å². The van der Waals surface area contributed by atoms with E-state index >= 15 is 0 Å². The van der Waals surface area contributed by atoms with Crippen molar-refractivity contribution in [3.8, 4) is 0 Å². The summed E-state index contributed by atoms with van der Waals surface area (Å²) in [5, 5.41) is 25.7. The Hall–Kier alpha value is -1.59. The Kier molecular flexibility index (Phi) is 4.62. The molecule has 0 aromatic heterocycles. The van der Waals surface area contributed by atoms with Gasteiger partial charge in [-0.05, 0) is 6.42 Å². The largest absolute Gasteiger partial charge is 0.481 e. The van der Waals surface area contributed by atoms with Crippen molar-refractivity contribution in [1.82, 2.24) is 0 Å². The summed E-state index contributed by atoms with van der Waals surface area (Å²) in [7, 11) is 0. The third-order valence-electron chi connectivity index (χ3n) is 1.85. The highest BCUT2D eigenvalue weighted by Crippen LogP contribution is 2.19. The van der Waals surface area contributed by atoms with Gasteiger partial charge < -0.3 is 15.3 Å². The van der Waals surface area contributed by atoms with E-state index in [0.717, 1.165) is 0 Å². The predicted molar refractivity (Wildman–Crippen MR) is 44.8 cm³/mol. The SMILES string of the molecule is CCCC(C(=O)O)C(C(=O)O)C(=O)O. The number of carboxylic acid groups (broad SMARTS) is 3. The molecule has 6 nitrogen and oxygen atoms in total. The lowest BCUT2D eigenvalue weighted by Crippen LogP contribution is -2.35. The van der Waals surface area contributed by atoms with Crippen LogP contribution >= 0.6 is 0 Å². The van der Waals surface area contributed by atoms with Crippen LogP contribution in [0.1, 0.15) is 19.8 Å². The molecule has 6 heteroatoms.